The molecule has 2 aromatic rings. The topological polar surface area (TPSA) is 58.5 Å². The van der Waals surface area contributed by atoms with E-state index in [1.165, 1.54) is 0 Å². The molecule has 4 nitrogen and oxygen atoms in total. The van der Waals surface area contributed by atoms with E-state index in [4.69, 9.17) is 11.6 Å². The van der Waals surface area contributed by atoms with E-state index in [1.54, 1.807) is 37.3 Å². The zero-order valence-electron chi connectivity index (χ0n) is 12.7. The van der Waals surface area contributed by atoms with Crippen LogP contribution in [0.1, 0.15) is 18.1 Å². The molecule has 1 N–H and O–H groups in total. The van der Waals surface area contributed by atoms with E-state index in [0.717, 1.165) is 5.56 Å². The summed E-state index contributed by atoms with van der Waals surface area (Å²) in [5.74, 6) is 0.323. The lowest BCUT2D eigenvalue weighted by Gasteiger charge is -2.08. The molecular weight excluding hydrogens is 332 g/mol. The lowest BCUT2D eigenvalue weighted by molar-refractivity contribution is 0.608. The molecule has 0 radical (unpaired) electrons. The van der Waals surface area contributed by atoms with Crippen molar-refractivity contribution < 1.29 is 8.42 Å². The maximum absolute atomic E-state index is 12.4. The summed E-state index contributed by atoms with van der Waals surface area (Å²) >= 11 is 6.11. The van der Waals surface area contributed by atoms with Gasteiger partial charge in [-0.3, -0.25) is 0 Å². The van der Waals surface area contributed by atoms with Crippen molar-refractivity contribution in [2.45, 2.75) is 13.8 Å². The van der Waals surface area contributed by atoms with E-state index in [2.05, 4.69) is 9.71 Å². The summed E-state index contributed by atoms with van der Waals surface area (Å²) in [6.07, 6.45) is 0. The van der Waals surface area contributed by atoms with Crippen molar-refractivity contribution in [2.24, 2.45) is 4.40 Å². The van der Waals surface area contributed by atoms with Gasteiger partial charge in [-0.15, -0.1) is 4.40 Å². The minimum atomic E-state index is -3.70. The molecule has 118 valence electrons. The molecule has 0 aliphatic carbocycles. The smallest absolute Gasteiger partial charge is 0.285 e. The van der Waals surface area contributed by atoms with Crippen LogP contribution in [-0.4, -0.2) is 14.3 Å². The molecule has 0 fully saturated rings. The highest BCUT2D eigenvalue weighted by Gasteiger charge is 2.30. The van der Waals surface area contributed by atoms with Crippen LogP contribution in [-0.2, 0) is 10.0 Å². The molecule has 0 aromatic heterocycles. The predicted octanol–water partition coefficient (Wildman–Crippen LogP) is 4.23. The van der Waals surface area contributed by atoms with Crippen LogP contribution in [0.5, 0.6) is 0 Å². The second-order valence-corrected chi connectivity index (χ2v) is 7.27. The van der Waals surface area contributed by atoms with Crippen LogP contribution in [0.4, 0.5) is 5.69 Å². The second kappa shape index (κ2) is 5.83. The van der Waals surface area contributed by atoms with Gasteiger partial charge >= 0.3 is 0 Å². The fourth-order valence-corrected chi connectivity index (χ4v) is 4.03. The quantitative estimate of drug-likeness (QED) is 0.885. The van der Waals surface area contributed by atoms with Gasteiger partial charge in [0.15, 0.2) is 0 Å². The molecule has 0 amide bonds. The Labute approximate surface area is 140 Å². The van der Waals surface area contributed by atoms with Crippen molar-refractivity contribution in [3.8, 4) is 0 Å². The lowest BCUT2D eigenvalue weighted by Crippen LogP contribution is -2.11. The van der Waals surface area contributed by atoms with E-state index in [0.29, 0.717) is 27.7 Å². The van der Waals surface area contributed by atoms with Crippen LogP contribution in [0, 0.1) is 6.92 Å². The summed E-state index contributed by atoms with van der Waals surface area (Å²) in [6, 6.07) is 14.4. The minimum Gasteiger partial charge on any atom is -0.339 e. The van der Waals surface area contributed by atoms with Crippen LogP contribution < -0.4 is 5.32 Å². The molecule has 0 bridgehead atoms. The SMILES string of the molecule is CC1=C(c2ccccc2)S(=O)(=O)N=C1Nc1ccc(C)c(Cl)c1. The standard InChI is InChI=1S/C17H15ClN2O2S/c1-11-8-9-14(10-15(11)18)19-17-12(2)16(23(21,22)20-17)13-6-4-3-5-7-13/h3-10H,1-2H3,(H,19,20). The van der Waals surface area contributed by atoms with Gasteiger partial charge in [0.1, 0.15) is 10.7 Å². The molecule has 0 atom stereocenters. The number of anilines is 1. The Morgan fingerprint density at radius 3 is 2.39 bits per heavy atom. The monoisotopic (exact) mass is 346 g/mol. The highest BCUT2D eigenvalue weighted by Crippen LogP contribution is 2.33. The first-order valence-corrected chi connectivity index (χ1v) is 8.85. The predicted molar refractivity (Wildman–Crippen MR) is 95.2 cm³/mol. The summed E-state index contributed by atoms with van der Waals surface area (Å²) in [7, 11) is -3.70. The van der Waals surface area contributed by atoms with E-state index in [9.17, 15) is 8.42 Å². The molecule has 6 heteroatoms. The third kappa shape index (κ3) is 3.02. The lowest BCUT2D eigenvalue weighted by atomic mass is 10.1. The van der Waals surface area contributed by atoms with Crippen LogP contribution >= 0.6 is 11.6 Å². The molecule has 2 aromatic carbocycles. The number of sulfonamides is 1. The number of aryl methyl sites for hydroxylation is 1. The first-order valence-electron chi connectivity index (χ1n) is 7.03. The molecule has 0 saturated heterocycles. The summed E-state index contributed by atoms with van der Waals surface area (Å²) in [4.78, 5) is 0.235. The summed E-state index contributed by atoms with van der Waals surface area (Å²) in [5, 5.41) is 3.65. The highest BCUT2D eigenvalue weighted by molar-refractivity contribution is 8.00. The average Bonchev–Trinajstić information content (AvgIpc) is 2.73. The third-order valence-corrected chi connectivity index (χ3v) is 5.52. The zero-order chi connectivity index (χ0) is 16.6. The molecule has 0 spiro atoms. The van der Waals surface area contributed by atoms with E-state index in [-0.39, 0.29) is 4.91 Å². The summed E-state index contributed by atoms with van der Waals surface area (Å²) in [5.41, 5.74) is 2.87. The van der Waals surface area contributed by atoms with Crippen LogP contribution in [0.2, 0.25) is 5.02 Å². The summed E-state index contributed by atoms with van der Waals surface area (Å²) in [6.45, 7) is 3.65. The van der Waals surface area contributed by atoms with Gasteiger partial charge in [-0.2, -0.15) is 8.42 Å². The number of nitrogens with zero attached hydrogens (tertiary/aromatic N) is 1. The van der Waals surface area contributed by atoms with Gasteiger partial charge in [0.25, 0.3) is 10.0 Å². The van der Waals surface area contributed by atoms with Crippen LogP contribution in [0.15, 0.2) is 58.5 Å². The highest BCUT2D eigenvalue weighted by atomic mass is 35.5. The Bertz CT molecular complexity index is 932. The van der Waals surface area contributed by atoms with Crippen LogP contribution in [0.25, 0.3) is 4.91 Å². The molecule has 23 heavy (non-hydrogen) atoms. The second-order valence-electron chi connectivity index (χ2n) is 5.32. The number of hydrogen-bond donors (Lipinski definition) is 1. The normalized spacial score (nSPS) is 16.4. The van der Waals surface area contributed by atoms with Gasteiger partial charge in [-0.1, -0.05) is 48.0 Å². The maximum atomic E-state index is 12.4. The van der Waals surface area contributed by atoms with Crippen molar-refractivity contribution in [1.82, 2.24) is 0 Å². The first kappa shape index (κ1) is 15.8. The van der Waals surface area contributed by atoms with Gasteiger partial charge in [0.05, 0.1) is 0 Å². The largest absolute Gasteiger partial charge is 0.339 e. The van der Waals surface area contributed by atoms with E-state index < -0.39 is 10.0 Å². The van der Waals surface area contributed by atoms with E-state index in [1.807, 2.05) is 25.1 Å². The van der Waals surface area contributed by atoms with Gasteiger partial charge in [0, 0.05) is 16.3 Å². The molecule has 0 saturated carbocycles. The van der Waals surface area contributed by atoms with Crippen molar-refractivity contribution in [2.75, 3.05) is 5.32 Å². The number of amidine groups is 1. The number of rotatable bonds is 2. The van der Waals surface area contributed by atoms with Gasteiger partial charge in [-0.05, 0) is 37.1 Å². The molecular formula is C17H15ClN2O2S. The zero-order valence-corrected chi connectivity index (χ0v) is 14.2. The van der Waals surface area contributed by atoms with E-state index >= 15 is 0 Å². The molecule has 1 aliphatic rings. The van der Waals surface area contributed by atoms with Crippen LogP contribution in [0.3, 0.4) is 0 Å². The number of halogens is 1. The first-order chi connectivity index (χ1) is 10.9. The third-order valence-electron chi connectivity index (χ3n) is 3.64. The van der Waals surface area contributed by atoms with Gasteiger partial charge in [-0.25, -0.2) is 0 Å². The number of benzene rings is 2. The van der Waals surface area contributed by atoms with Gasteiger partial charge in [0.2, 0.25) is 0 Å². The molecule has 1 heterocycles. The Hall–Kier alpha value is -2.11. The fraction of sp³-hybridized carbons (Fsp3) is 0.118. The fourth-order valence-electron chi connectivity index (χ4n) is 2.41. The average molecular weight is 347 g/mol. The Balaban J connectivity index is 2.01. The minimum absolute atomic E-state index is 0.235. The van der Waals surface area contributed by atoms with Crippen molar-refractivity contribution in [3.05, 3.63) is 70.3 Å². The summed E-state index contributed by atoms with van der Waals surface area (Å²) < 4.78 is 28.6. The molecule has 0 unspecified atom stereocenters. The molecule has 1 aliphatic heterocycles. The Morgan fingerprint density at radius 2 is 1.74 bits per heavy atom. The Morgan fingerprint density at radius 1 is 1.04 bits per heavy atom. The van der Waals surface area contributed by atoms with Crippen molar-refractivity contribution in [3.63, 3.8) is 0 Å². The maximum Gasteiger partial charge on any atom is 0.285 e. The van der Waals surface area contributed by atoms with Crippen molar-refractivity contribution >= 4 is 38.1 Å². The molecule has 3 rings (SSSR count). The van der Waals surface area contributed by atoms with Crippen molar-refractivity contribution in [1.29, 1.82) is 0 Å². The number of nitrogens with one attached hydrogen (secondary N) is 1. The Kier molecular flexibility index (Phi) is 4.00. The van der Waals surface area contributed by atoms with Gasteiger partial charge < -0.3 is 5.32 Å². The number of hydrogen-bond acceptors (Lipinski definition) is 3.